The minimum Gasteiger partial charge on any atom is -0.493 e. The standard InChI is InChI=1S/C31H32FNO6/c1-37-27-16-13-22-18-33(26(31(35)36)17-25(22)29(27)38-19-20-7-3-2-4-8-20)30(34)28(39-24-9-5-6-10-24)21-11-14-23(32)15-12-21/h2-4,7-8,11-16,24,26,28H,5-6,9-10,17-19H2,1H3,(H,35,36)/t26-,28-/m0/s1. The van der Waals surface area contributed by atoms with Gasteiger partial charge < -0.3 is 24.2 Å². The Kier molecular flexibility index (Phi) is 8.12. The van der Waals surface area contributed by atoms with Gasteiger partial charge in [-0.25, -0.2) is 9.18 Å². The molecule has 5 rings (SSSR count). The molecule has 0 radical (unpaired) electrons. The highest BCUT2D eigenvalue weighted by Gasteiger charge is 2.41. The summed E-state index contributed by atoms with van der Waals surface area (Å²) in [4.78, 5) is 27.9. The SMILES string of the molecule is COc1ccc2c(c1OCc1ccccc1)C[C@@H](C(=O)O)N(C(=O)[C@@H](OC1CCCC1)c1ccc(F)cc1)C2. The number of halogens is 1. The third-order valence-corrected chi connectivity index (χ3v) is 7.48. The summed E-state index contributed by atoms with van der Waals surface area (Å²) in [6, 6.07) is 17.8. The first kappa shape index (κ1) is 26.7. The van der Waals surface area contributed by atoms with Gasteiger partial charge in [-0.15, -0.1) is 0 Å². The smallest absolute Gasteiger partial charge is 0.326 e. The largest absolute Gasteiger partial charge is 0.493 e. The first-order chi connectivity index (χ1) is 18.9. The molecule has 0 aromatic heterocycles. The summed E-state index contributed by atoms with van der Waals surface area (Å²) in [5.41, 5.74) is 2.95. The Bertz CT molecular complexity index is 1310. The zero-order valence-corrected chi connectivity index (χ0v) is 21.8. The van der Waals surface area contributed by atoms with Gasteiger partial charge in [-0.1, -0.05) is 61.4 Å². The number of benzene rings is 3. The number of nitrogens with zero attached hydrogens (tertiary/aromatic N) is 1. The second-order valence-electron chi connectivity index (χ2n) is 10.0. The Morgan fingerprint density at radius 2 is 1.74 bits per heavy atom. The molecule has 204 valence electrons. The highest BCUT2D eigenvalue weighted by molar-refractivity contribution is 5.88. The Hall–Kier alpha value is -3.91. The fourth-order valence-electron chi connectivity index (χ4n) is 5.40. The van der Waals surface area contributed by atoms with E-state index in [0.717, 1.165) is 36.8 Å². The lowest BCUT2D eigenvalue weighted by molar-refractivity contribution is -0.160. The molecule has 0 unspecified atom stereocenters. The first-order valence-corrected chi connectivity index (χ1v) is 13.2. The molecular weight excluding hydrogens is 501 g/mol. The van der Waals surface area contributed by atoms with Crippen molar-refractivity contribution in [1.82, 2.24) is 4.90 Å². The molecule has 3 aromatic rings. The monoisotopic (exact) mass is 533 g/mol. The van der Waals surface area contributed by atoms with Crippen LogP contribution in [-0.2, 0) is 33.9 Å². The maximum absolute atomic E-state index is 14.0. The summed E-state index contributed by atoms with van der Waals surface area (Å²) < 4.78 is 31.7. The number of rotatable bonds is 9. The van der Waals surface area contributed by atoms with Gasteiger partial charge in [0, 0.05) is 18.5 Å². The number of hydrogen-bond acceptors (Lipinski definition) is 5. The summed E-state index contributed by atoms with van der Waals surface area (Å²) in [5, 5.41) is 10.2. The maximum Gasteiger partial charge on any atom is 0.326 e. The molecule has 0 bridgehead atoms. The van der Waals surface area contributed by atoms with E-state index in [2.05, 4.69) is 0 Å². The second-order valence-corrected chi connectivity index (χ2v) is 10.0. The highest BCUT2D eigenvalue weighted by Crippen LogP contribution is 2.40. The van der Waals surface area contributed by atoms with E-state index >= 15 is 0 Å². The second kappa shape index (κ2) is 11.9. The van der Waals surface area contributed by atoms with Crippen LogP contribution in [0.25, 0.3) is 0 Å². The highest BCUT2D eigenvalue weighted by atomic mass is 19.1. The van der Waals surface area contributed by atoms with Crippen LogP contribution in [0.1, 0.15) is 54.0 Å². The topological polar surface area (TPSA) is 85.3 Å². The van der Waals surface area contributed by atoms with Gasteiger partial charge in [0.15, 0.2) is 17.6 Å². The lowest BCUT2D eigenvalue weighted by atomic mass is 9.91. The number of carbonyl (C=O) groups excluding carboxylic acids is 1. The molecule has 1 aliphatic carbocycles. The summed E-state index contributed by atoms with van der Waals surface area (Å²) in [7, 11) is 1.54. The van der Waals surface area contributed by atoms with E-state index in [-0.39, 0.29) is 25.7 Å². The number of hydrogen-bond donors (Lipinski definition) is 1. The van der Waals surface area contributed by atoms with Crippen molar-refractivity contribution >= 4 is 11.9 Å². The zero-order valence-electron chi connectivity index (χ0n) is 21.8. The predicted octanol–water partition coefficient (Wildman–Crippen LogP) is 5.45. The van der Waals surface area contributed by atoms with Crippen LogP contribution < -0.4 is 9.47 Å². The quantitative estimate of drug-likeness (QED) is 0.394. The molecular formula is C31H32FNO6. The molecule has 1 aliphatic heterocycles. The van der Waals surface area contributed by atoms with Gasteiger partial charge in [0.2, 0.25) is 0 Å². The van der Waals surface area contributed by atoms with E-state index in [9.17, 15) is 19.1 Å². The minimum atomic E-state index is -1.13. The average Bonchev–Trinajstić information content (AvgIpc) is 3.48. The van der Waals surface area contributed by atoms with Gasteiger partial charge in [0.05, 0.1) is 13.2 Å². The Labute approximate surface area is 227 Å². The van der Waals surface area contributed by atoms with Crippen molar-refractivity contribution in [3.63, 3.8) is 0 Å². The van der Waals surface area contributed by atoms with E-state index in [4.69, 9.17) is 14.2 Å². The third-order valence-electron chi connectivity index (χ3n) is 7.48. The van der Waals surface area contributed by atoms with Crippen molar-refractivity contribution in [2.24, 2.45) is 0 Å². The Morgan fingerprint density at radius 1 is 1.03 bits per heavy atom. The van der Waals surface area contributed by atoms with E-state index < -0.39 is 29.8 Å². The fourth-order valence-corrected chi connectivity index (χ4v) is 5.40. The first-order valence-electron chi connectivity index (χ1n) is 13.2. The summed E-state index contributed by atoms with van der Waals surface area (Å²) in [6.45, 7) is 0.360. The molecule has 1 saturated carbocycles. The number of carboxylic acid groups (broad SMARTS) is 1. The molecule has 7 nitrogen and oxygen atoms in total. The van der Waals surface area contributed by atoms with Gasteiger partial charge in [0.25, 0.3) is 5.91 Å². The van der Waals surface area contributed by atoms with Crippen LogP contribution in [0, 0.1) is 5.82 Å². The molecule has 2 atom stereocenters. The van der Waals surface area contributed by atoms with E-state index in [1.165, 1.54) is 36.3 Å². The molecule has 39 heavy (non-hydrogen) atoms. The van der Waals surface area contributed by atoms with Crippen molar-refractivity contribution < 1.29 is 33.3 Å². The lowest BCUT2D eigenvalue weighted by Crippen LogP contribution is -2.50. The van der Waals surface area contributed by atoms with Crippen molar-refractivity contribution in [3.05, 3.63) is 94.8 Å². The summed E-state index contributed by atoms with van der Waals surface area (Å²) >= 11 is 0. The van der Waals surface area contributed by atoms with Crippen molar-refractivity contribution in [3.8, 4) is 11.5 Å². The molecule has 0 spiro atoms. The van der Waals surface area contributed by atoms with Gasteiger partial charge >= 0.3 is 5.97 Å². The predicted molar refractivity (Wildman–Crippen MR) is 142 cm³/mol. The van der Waals surface area contributed by atoms with Crippen molar-refractivity contribution in [2.45, 2.75) is 63.5 Å². The normalized spacial score (nSPS) is 17.9. The van der Waals surface area contributed by atoms with E-state index in [1.807, 2.05) is 36.4 Å². The lowest BCUT2D eigenvalue weighted by Gasteiger charge is -2.37. The van der Waals surface area contributed by atoms with Crippen LogP contribution in [0.4, 0.5) is 4.39 Å². The molecule has 2 aliphatic rings. The molecule has 1 amide bonds. The van der Waals surface area contributed by atoms with Crippen LogP contribution in [0.2, 0.25) is 0 Å². The molecule has 1 fully saturated rings. The number of carboxylic acids is 1. The van der Waals surface area contributed by atoms with Crippen molar-refractivity contribution in [2.75, 3.05) is 7.11 Å². The summed E-state index contributed by atoms with van der Waals surface area (Å²) in [5.74, 6) is -1.01. The minimum absolute atomic E-state index is 0.0529. The van der Waals surface area contributed by atoms with Gasteiger partial charge in [-0.05, 0) is 47.7 Å². The maximum atomic E-state index is 14.0. The number of amides is 1. The average molecular weight is 534 g/mol. The Balaban J connectivity index is 1.46. The van der Waals surface area contributed by atoms with Crippen molar-refractivity contribution in [1.29, 1.82) is 0 Å². The fraction of sp³-hybridized carbons (Fsp3) is 0.355. The molecule has 1 heterocycles. The van der Waals surface area contributed by atoms with E-state index in [1.54, 1.807) is 6.07 Å². The Morgan fingerprint density at radius 3 is 2.41 bits per heavy atom. The van der Waals surface area contributed by atoms with Gasteiger partial charge in [0.1, 0.15) is 18.5 Å². The van der Waals surface area contributed by atoms with Crippen LogP contribution in [0.15, 0.2) is 66.7 Å². The van der Waals surface area contributed by atoms with Gasteiger partial charge in [-0.2, -0.15) is 0 Å². The zero-order chi connectivity index (χ0) is 27.4. The van der Waals surface area contributed by atoms with Crippen LogP contribution in [-0.4, -0.2) is 41.1 Å². The number of carbonyl (C=O) groups is 2. The van der Waals surface area contributed by atoms with Crippen LogP contribution >= 0.6 is 0 Å². The number of methoxy groups -OCH3 is 1. The number of ether oxygens (including phenoxy) is 3. The van der Waals surface area contributed by atoms with Gasteiger partial charge in [-0.3, -0.25) is 4.79 Å². The van der Waals surface area contributed by atoms with E-state index in [0.29, 0.717) is 22.6 Å². The molecule has 8 heteroatoms. The number of aliphatic carboxylic acids is 1. The van der Waals surface area contributed by atoms with Crippen LogP contribution in [0.3, 0.4) is 0 Å². The molecule has 1 N–H and O–H groups in total. The summed E-state index contributed by atoms with van der Waals surface area (Å²) in [6.07, 6.45) is 2.61. The molecule has 3 aromatic carbocycles. The van der Waals surface area contributed by atoms with Crippen LogP contribution in [0.5, 0.6) is 11.5 Å². The third kappa shape index (κ3) is 5.91. The molecule has 0 saturated heterocycles. The number of fused-ring (bicyclic) bond motifs is 1.